The van der Waals surface area contributed by atoms with Gasteiger partial charge in [0.05, 0.1) is 13.0 Å². The molecular formula is C14H18N3O2. The summed E-state index contributed by atoms with van der Waals surface area (Å²) in [6.45, 7) is 2.92. The number of primary amides is 1. The van der Waals surface area contributed by atoms with Crippen LogP contribution in [0.2, 0.25) is 0 Å². The summed E-state index contributed by atoms with van der Waals surface area (Å²) in [6, 6.07) is 9.54. The second-order valence-corrected chi connectivity index (χ2v) is 4.62. The van der Waals surface area contributed by atoms with Crippen LogP contribution in [-0.2, 0) is 9.59 Å². The molecule has 1 aromatic rings. The molecule has 1 saturated heterocycles. The van der Waals surface area contributed by atoms with Crippen LogP contribution in [0.3, 0.4) is 0 Å². The van der Waals surface area contributed by atoms with Crippen LogP contribution in [0.1, 0.15) is 5.56 Å². The number of rotatable bonds is 4. The fraction of sp³-hybridized carbons (Fsp3) is 0.357. The third-order valence-corrected chi connectivity index (χ3v) is 3.15. The highest BCUT2D eigenvalue weighted by atomic mass is 16.2. The number of carbonyl (C=O) groups is 2. The van der Waals surface area contributed by atoms with E-state index >= 15 is 0 Å². The maximum absolute atomic E-state index is 12.1. The predicted molar refractivity (Wildman–Crippen MR) is 72.1 cm³/mol. The average molecular weight is 260 g/mol. The lowest BCUT2D eigenvalue weighted by molar-refractivity contribution is -0.129. The molecule has 1 heterocycles. The first-order valence-corrected chi connectivity index (χ1v) is 6.34. The van der Waals surface area contributed by atoms with E-state index in [1.165, 1.54) is 0 Å². The first kappa shape index (κ1) is 13.5. The Kier molecular flexibility index (Phi) is 4.52. The Bertz CT molecular complexity index is 439. The van der Waals surface area contributed by atoms with Crippen LogP contribution < -0.4 is 5.73 Å². The second kappa shape index (κ2) is 6.33. The summed E-state index contributed by atoms with van der Waals surface area (Å²) in [5, 5.41) is 0. The van der Waals surface area contributed by atoms with Gasteiger partial charge in [-0.3, -0.25) is 14.5 Å². The molecule has 1 aliphatic heterocycles. The smallest absolute Gasteiger partial charge is 0.231 e. The molecule has 2 N–H and O–H groups in total. The van der Waals surface area contributed by atoms with Crippen molar-refractivity contribution in [2.45, 2.75) is 0 Å². The zero-order valence-electron chi connectivity index (χ0n) is 10.8. The maximum atomic E-state index is 12.1. The Morgan fingerprint density at radius 1 is 1.11 bits per heavy atom. The van der Waals surface area contributed by atoms with E-state index in [4.69, 9.17) is 5.73 Å². The van der Waals surface area contributed by atoms with Gasteiger partial charge in [0.2, 0.25) is 11.8 Å². The van der Waals surface area contributed by atoms with Gasteiger partial charge < -0.3 is 10.6 Å². The SMILES string of the molecule is NC(=O)CN1CCN(C(=O)[CH]c2ccccc2)CC1. The minimum absolute atomic E-state index is 0.0184. The Labute approximate surface area is 113 Å². The second-order valence-electron chi connectivity index (χ2n) is 4.62. The molecule has 1 fully saturated rings. The van der Waals surface area contributed by atoms with E-state index in [0.717, 1.165) is 5.56 Å². The van der Waals surface area contributed by atoms with Crippen molar-refractivity contribution in [3.63, 3.8) is 0 Å². The summed E-state index contributed by atoms with van der Waals surface area (Å²) < 4.78 is 0. The molecule has 5 nitrogen and oxygen atoms in total. The third-order valence-electron chi connectivity index (χ3n) is 3.15. The third kappa shape index (κ3) is 4.06. The number of nitrogens with two attached hydrogens (primary N) is 1. The summed E-state index contributed by atoms with van der Waals surface area (Å²) >= 11 is 0. The molecule has 101 valence electrons. The van der Waals surface area contributed by atoms with Crippen molar-refractivity contribution >= 4 is 11.8 Å². The summed E-state index contributed by atoms with van der Waals surface area (Å²) in [5.74, 6) is -0.305. The molecule has 0 aliphatic carbocycles. The molecule has 1 aromatic carbocycles. The zero-order chi connectivity index (χ0) is 13.7. The zero-order valence-corrected chi connectivity index (χ0v) is 10.8. The largest absolute Gasteiger partial charge is 0.369 e. The molecule has 0 spiro atoms. The highest BCUT2D eigenvalue weighted by molar-refractivity contribution is 5.88. The summed E-state index contributed by atoms with van der Waals surface area (Å²) in [4.78, 5) is 26.6. The standard InChI is InChI=1S/C14H18N3O2/c15-13(18)11-16-6-8-17(9-7-16)14(19)10-12-4-2-1-3-5-12/h1-5,10H,6-9,11H2,(H2,15,18). The number of amides is 2. The van der Waals surface area contributed by atoms with Crippen molar-refractivity contribution < 1.29 is 9.59 Å². The van der Waals surface area contributed by atoms with Gasteiger partial charge in [-0.25, -0.2) is 0 Å². The lowest BCUT2D eigenvalue weighted by Gasteiger charge is -2.34. The van der Waals surface area contributed by atoms with Crippen molar-refractivity contribution in [2.24, 2.45) is 5.73 Å². The molecule has 0 atom stereocenters. The summed E-state index contributed by atoms with van der Waals surface area (Å²) in [5.41, 5.74) is 6.06. The van der Waals surface area contributed by atoms with Crippen LogP contribution in [0.25, 0.3) is 0 Å². The quantitative estimate of drug-likeness (QED) is 0.820. The van der Waals surface area contributed by atoms with Gasteiger partial charge in [-0.2, -0.15) is 0 Å². The molecule has 2 rings (SSSR count). The van der Waals surface area contributed by atoms with E-state index in [9.17, 15) is 9.59 Å². The monoisotopic (exact) mass is 260 g/mol. The number of hydrogen-bond acceptors (Lipinski definition) is 3. The van der Waals surface area contributed by atoms with E-state index in [-0.39, 0.29) is 18.4 Å². The predicted octanol–water partition coefficient (Wildman–Crippen LogP) is -0.132. The fourth-order valence-corrected chi connectivity index (χ4v) is 2.13. The van der Waals surface area contributed by atoms with Gasteiger partial charge in [0.25, 0.3) is 0 Å². The molecule has 2 amide bonds. The molecule has 0 aromatic heterocycles. The molecule has 5 heteroatoms. The van der Waals surface area contributed by atoms with Crippen LogP contribution in [0.15, 0.2) is 30.3 Å². The maximum Gasteiger partial charge on any atom is 0.231 e. The first-order chi connectivity index (χ1) is 9.15. The van der Waals surface area contributed by atoms with E-state index in [1.54, 1.807) is 11.3 Å². The van der Waals surface area contributed by atoms with E-state index in [1.807, 2.05) is 35.2 Å². The van der Waals surface area contributed by atoms with E-state index < -0.39 is 0 Å². The Morgan fingerprint density at radius 3 is 2.32 bits per heavy atom. The van der Waals surface area contributed by atoms with Crippen molar-refractivity contribution in [3.8, 4) is 0 Å². The van der Waals surface area contributed by atoms with Gasteiger partial charge in [-0.05, 0) is 5.56 Å². The lowest BCUT2D eigenvalue weighted by atomic mass is 10.1. The summed E-state index contributed by atoms with van der Waals surface area (Å²) in [6.07, 6.45) is 1.64. The molecule has 1 radical (unpaired) electrons. The number of nitrogens with zero attached hydrogens (tertiary/aromatic N) is 2. The topological polar surface area (TPSA) is 66.6 Å². The van der Waals surface area contributed by atoms with Gasteiger partial charge in [-0.15, -0.1) is 0 Å². The van der Waals surface area contributed by atoms with E-state index in [2.05, 4.69) is 0 Å². The van der Waals surface area contributed by atoms with Crippen molar-refractivity contribution in [3.05, 3.63) is 42.3 Å². The first-order valence-electron chi connectivity index (χ1n) is 6.34. The molecule has 0 unspecified atom stereocenters. The van der Waals surface area contributed by atoms with Crippen LogP contribution in [-0.4, -0.2) is 54.3 Å². The molecule has 0 bridgehead atoms. The number of hydrogen-bond donors (Lipinski definition) is 1. The average Bonchev–Trinajstić information content (AvgIpc) is 2.40. The fourth-order valence-electron chi connectivity index (χ4n) is 2.13. The molecule has 1 aliphatic rings. The number of benzene rings is 1. The highest BCUT2D eigenvalue weighted by Crippen LogP contribution is 2.08. The van der Waals surface area contributed by atoms with E-state index in [0.29, 0.717) is 26.2 Å². The summed E-state index contributed by atoms with van der Waals surface area (Å²) in [7, 11) is 0. The molecular weight excluding hydrogens is 242 g/mol. The Balaban J connectivity index is 1.81. The molecule has 19 heavy (non-hydrogen) atoms. The van der Waals surface area contributed by atoms with Gasteiger partial charge >= 0.3 is 0 Å². The van der Waals surface area contributed by atoms with Crippen molar-refractivity contribution in [1.82, 2.24) is 9.80 Å². The minimum atomic E-state index is -0.323. The number of carbonyl (C=O) groups excluding carboxylic acids is 2. The lowest BCUT2D eigenvalue weighted by Crippen LogP contribution is -2.50. The van der Waals surface area contributed by atoms with Gasteiger partial charge in [0, 0.05) is 26.2 Å². The van der Waals surface area contributed by atoms with Crippen LogP contribution >= 0.6 is 0 Å². The van der Waals surface area contributed by atoms with Crippen LogP contribution in [0, 0.1) is 6.42 Å². The highest BCUT2D eigenvalue weighted by Gasteiger charge is 2.21. The van der Waals surface area contributed by atoms with Crippen molar-refractivity contribution in [2.75, 3.05) is 32.7 Å². The normalized spacial score (nSPS) is 16.3. The van der Waals surface area contributed by atoms with Gasteiger partial charge in [0.15, 0.2) is 0 Å². The van der Waals surface area contributed by atoms with Gasteiger partial charge in [0.1, 0.15) is 0 Å². The van der Waals surface area contributed by atoms with Gasteiger partial charge in [-0.1, -0.05) is 30.3 Å². The van der Waals surface area contributed by atoms with Crippen LogP contribution in [0.4, 0.5) is 0 Å². The van der Waals surface area contributed by atoms with Crippen LogP contribution in [0.5, 0.6) is 0 Å². The minimum Gasteiger partial charge on any atom is -0.369 e. The van der Waals surface area contributed by atoms with Crippen molar-refractivity contribution in [1.29, 1.82) is 0 Å². The Hall–Kier alpha value is -1.88. The molecule has 0 saturated carbocycles. The Morgan fingerprint density at radius 2 is 1.74 bits per heavy atom. The number of piperazine rings is 1.